The normalized spacial score (nSPS) is 11.0. The van der Waals surface area contributed by atoms with Gasteiger partial charge in [-0.3, -0.25) is 9.38 Å². The smallest absolute Gasteiger partial charge is 0.160 e. The summed E-state index contributed by atoms with van der Waals surface area (Å²) in [5.41, 5.74) is 8.17. The molecule has 0 bridgehead atoms. The highest BCUT2D eigenvalue weighted by molar-refractivity contribution is 5.64. The van der Waals surface area contributed by atoms with Gasteiger partial charge in [-0.1, -0.05) is 12.1 Å². The third-order valence-electron chi connectivity index (χ3n) is 2.84. The second-order valence-corrected chi connectivity index (χ2v) is 3.89. The first kappa shape index (κ1) is 10.9. The van der Waals surface area contributed by atoms with Gasteiger partial charge in [0.2, 0.25) is 0 Å². The molecule has 1 aromatic carbocycles. The topological polar surface area (TPSA) is 56.2 Å². The lowest BCUT2D eigenvalue weighted by molar-refractivity contribution is 0.630. The second kappa shape index (κ2) is 4.19. The summed E-state index contributed by atoms with van der Waals surface area (Å²) in [6, 6.07) is 6.61. The van der Waals surface area contributed by atoms with Gasteiger partial charge in [-0.2, -0.15) is 0 Å². The molecule has 3 rings (SSSR count). The molecule has 90 valence electrons. The minimum Gasteiger partial charge on any atom is -0.325 e. The summed E-state index contributed by atoms with van der Waals surface area (Å²) in [5.74, 6) is -0.273. The quantitative estimate of drug-likeness (QED) is 0.747. The molecule has 0 unspecified atom stereocenters. The molecule has 0 spiro atoms. The van der Waals surface area contributed by atoms with E-state index >= 15 is 0 Å². The van der Waals surface area contributed by atoms with Crippen molar-refractivity contribution in [3.05, 3.63) is 54.4 Å². The number of imidazole rings is 1. The number of nitrogens with two attached hydrogens (primary N) is 1. The highest BCUT2D eigenvalue weighted by Crippen LogP contribution is 2.23. The molecule has 2 heterocycles. The fourth-order valence-electron chi connectivity index (χ4n) is 1.99. The van der Waals surface area contributed by atoms with Gasteiger partial charge >= 0.3 is 0 Å². The van der Waals surface area contributed by atoms with Gasteiger partial charge in [0.1, 0.15) is 5.82 Å². The van der Waals surface area contributed by atoms with Crippen molar-refractivity contribution in [3.63, 3.8) is 0 Å². The lowest BCUT2D eigenvalue weighted by Crippen LogP contribution is -2.03. The Morgan fingerprint density at radius 1 is 1.22 bits per heavy atom. The third kappa shape index (κ3) is 1.56. The van der Waals surface area contributed by atoms with Crippen LogP contribution in [0.2, 0.25) is 0 Å². The Morgan fingerprint density at radius 3 is 2.83 bits per heavy atom. The third-order valence-corrected chi connectivity index (χ3v) is 2.84. The van der Waals surface area contributed by atoms with Crippen molar-refractivity contribution in [3.8, 4) is 11.3 Å². The molecule has 0 atom stereocenters. The highest BCUT2D eigenvalue weighted by Gasteiger charge is 2.11. The van der Waals surface area contributed by atoms with Crippen LogP contribution in [0, 0.1) is 5.82 Å². The first-order chi connectivity index (χ1) is 8.81. The molecule has 0 aliphatic rings. The molecule has 18 heavy (non-hydrogen) atoms. The number of fused-ring (bicyclic) bond motifs is 1. The molecule has 0 aliphatic heterocycles. The molecule has 3 aromatic rings. The van der Waals surface area contributed by atoms with E-state index in [9.17, 15) is 4.39 Å². The Hall–Kier alpha value is -2.27. The van der Waals surface area contributed by atoms with Crippen molar-refractivity contribution in [2.24, 2.45) is 5.73 Å². The summed E-state index contributed by atoms with van der Waals surface area (Å²) < 4.78 is 15.6. The Balaban J connectivity index is 2.29. The lowest BCUT2D eigenvalue weighted by Gasteiger charge is -2.04. The first-order valence-corrected chi connectivity index (χ1v) is 5.57. The second-order valence-electron chi connectivity index (χ2n) is 3.89. The van der Waals surface area contributed by atoms with Crippen LogP contribution in [0.25, 0.3) is 16.9 Å². The first-order valence-electron chi connectivity index (χ1n) is 5.57. The van der Waals surface area contributed by atoms with E-state index in [0.717, 1.165) is 0 Å². The zero-order chi connectivity index (χ0) is 12.5. The van der Waals surface area contributed by atoms with Crippen molar-refractivity contribution >= 4 is 5.65 Å². The number of hydrogen-bond acceptors (Lipinski definition) is 3. The summed E-state index contributed by atoms with van der Waals surface area (Å²) >= 11 is 0. The van der Waals surface area contributed by atoms with Gasteiger partial charge in [0.05, 0.1) is 17.6 Å². The predicted octanol–water partition coefficient (Wildman–Crippen LogP) is 1.99. The highest BCUT2D eigenvalue weighted by atomic mass is 19.1. The van der Waals surface area contributed by atoms with Gasteiger partial charge < -0.3 is 5.73 Å². The Bertz CT molecular complexity index is 705. The monoisotopic (exact) mass is 242 g/mol. The lowest BCUT2D eigenvalue weighted by atomic mass is 10.1. The summed E-state index contributed by atoms with van der Waals surface area (Å²) in [4.78, 5) is 8.41. The maximum Gasteiger partial charge on any atom is 0.160 e. The molecule has 0 saturated carbocycles. The number of halogens is 1. The molecule has 4 nitrogen and oxygen atoms in total. The van der Waals surface area contributed by atoms with Crippen LogP contribution in [0.15, 0.2) is 42.9 Å². The fourth-order valence-corrected chi connectivity index (χ4v) is 1.99. The predicted molar refractivity (Wildman–Crippen MR) is 66.3 cm³/mol. The zero-order valence-electron chi connectivity index (χ0n) is 9.55. The maximum atomic E-state index is 13.8. The molecule has 0 amide bonds. The van der Waals surface area contributed by atoms with Crippen LogP contribution in [0.1, 0.15) is 5.69 Å². The van der Waals surface area contributed by atoms with Crippen LogP contribution in [0.3, 0.4) is 0 Å². The van der Waals surface area contributed by atoms with E-state index in [1.54, 1.807) is 41.2 Å². The molecule has 2 aromatic heterocycles. The molecule has 2 N–H and O–H groups in total. The van der Waals surface area contributed by atoms with Gasteiger partial charge in [0.25, 0.3) is 0 Å². The Labute approximate surface area is 103 Å². The van der Waals surface area contributed by atoms with Gasteiger partial charge in [0, 0.05) is 24.5 Å². The van der Waals surface area contributed by atoms with Crippen molar-refractivity contribution in [1.29, 1.82) is 0 Å². The molecule has 0 saturated heterocycles. The SMILES string of the molecule is NCc1nccn2c(-c3ccccc3F)cnc12. The van der Waals surface area contributed by atoms with Crippen LogP contribution in [0.5, 0.6) is 0 Å². The fraction of sp³-hybridized carbons (Fsp3) is 0.0769. The summed E-state index contributed by atoms with van der Waals surface area (Å²) in [6.45, 7) is 0.304. The van der Waals surface area contributed by atoms with Crippen molar-refractivity contribution in [2.45, 2.75) is 6.54 Å². The minimum absolute atomic E-state index is 0.273. The van der Waals surface area contributed by atoms with Crippen LogP contribution in [0.4, 0.5) is 4.39 Å². The van der Waals surface area contributed by atoms with Gasteiger partial charge in [-0.05, 0) is 12.1 Å². The van der Waals surface area contributed by atoms with E-state index in [1.807, 2.05) is 0 Å². The van der Waals surface area contributed by atoms with E-state index in [2.05, 4.69) is 9.97 Å². The van der Waals surface area contributed by atoms with Gasteiger partial charge in [-0.15, -0.1) is 0 Å². The number of rotatable bonds is 2. The summed E-state index contributed by atoms with van der Waals surface area (Å²) in [5, 5.41) is 0. The van der Waals surface area contributed by atoms with E-state index in [0.29, 0.717) is 29.1 Å². The Kier molecular flexibility index (Phi) is 2.53. The van der Waals surface area contributed by atoms with Gasteiger partial charge in [-0.25, -0.2) is 9.37 Å². The van der Waals surface area contributed by atoms with E-state index in [-0.39, 0.29) is 5.82 Å². The molecule has 0 fully saturated rings. The number of aromatic nitrogens is 3. The average molecular weight is 242 g/mol. The summed E-state index contributed by atoms with van der Waals surface area (Å²) in [6.07, 6.45) is 5.03. The molecule has 5 heteroatoms. The largest absolute Gasteiger partial charge is 0.325 e. The number of hydrogen-bond donors (Lipinski definition) is 1. The molecule has 0 aliphatic carbocycles. The van der Waals surface area contributed by atoms with Crippen LogP contribution < -0.4 is 5.73 Å². The van der Waals surface area contributed by atoms with Crippen molar-refractivity contribution in [1.82, 2.24) is 14.4 Å². The van der Waals surface area contributed by atoms with Crippen LogP contribution in [-0.4, -0.2) is 14.4 Å². The number of nitrogens with zero attached hydrogens (tertiary/aromatic N) is 3. The van der Waals surface area contributed by atoms with Crippen LogP contribution in [-0.2, 0) is 6.54 Å². The van der Waals surface area contributed by atoms with Crippen LogP contribution >= 0.6 is 0 Å². The number of benzene rings is 1. The van der Waals surface area contributed by atoms with E-state index < -0.39 is 0 Å². The minimum atomic E-state index is -0.273. The Morgan fingerprint density at radius 2 is 2.06 bits per heavy atom. The maximum absolute atomic E-state index is 13.8. The van der Waals surface area contributed by atoms with Crippen molar-refractivity contribution in [2.75, 3.05) is 0 Å². The molecular weight excluding hydrogens is 231 g/mol. The van der Waals surface area contributed by atoms with E-state index in [1.165, 1.54) is 6.07 Å². The van der Waals surface area contributed by atoms with E-state index in [4.69, 9.17) is 5.73 Å². The molecule has 0 radical (unpaired) electrons. The standard InChI is InChI=1S/C13H11FN4/c14-10-4-2-1-3-9(10)12-8-17-13-11(7-15)16-5-6-18(12)13/h1-6,8H,7,15H2. The average Bonchev–Trinajstić information content (AvgIpc) is 2.83. The summed E-state index contributed by atoms with van der Waals surface area (Å²) in [7, 11) is 0. The van der Waals surface area contributed by atoms with Gasteiger partial charge in [0.15, 0.2) is 5.65 Å². The zero-order valence-corrected chi connectivity index (χ0v) is 9.55. The van der Waals surface area contributed by atoms with Crippen molar-refractivity contribution < 1.29 is 4.39 Å². The molecular formula is C13H11FN4.